The van der Waals surface area contributed by atoms with Gasteiger partial charge < -0.3 is 15.3 Å². The number of piperidine rings is 1. The molecule has 2 amide bonds. The Bertz CT molecular complexity index is 581. The molecule has 0 aliphatic carbocycles. The number of hydrogen-bond acceptors (Lipinski definition) is 3. The van der Waals surface area contributed by atoms with Gasteiger partial charge in [-0.2, -0.15) is 0 Å². The Labute approximate surface area is 141 Å². The first-order chi connectivity index (χ1) is 10.8. The maximum atomic E-state index is 12.4. The van der Waals surface area contributed by atoms with Crippen LogP contribution in [-0.4, -0.2) is 46.8 Å². The zero-order chi connectivity index (χ0) is 17.0. The fraction of sp³-hybridized carbons (Fsp3) is 0.529. The van der Waals surface area contributed by atoms with Gasteiger partial charge in [-0.3, -0.25) is 9.59 Å². The molecule has 126 valence electrons. The average molecular weight is 339 g/mol. The topological polar surface area (TPSA) is 69.6 Å². The SMILES string of the molecule is CC(C)(CCl)C(=O)NC1CCN(C(=O)c2ccccc2O)CC1. The first-order valence-electron chi connectivity index (χ1n) is 7.79. The molecule has 1 aromatic rings. The fourth-order valence-electron chi connectivity index (χ4n) is 2.49. The number of alkyl halides is 1. The Morgan fingerprint density at radius 1 is 1.30 bits per heavy atom. The van der Waals surface area contributed by atoms with Crippen LogP contribution in [0.4, 0.5) is 0 Å². The number of benzene rings is 1. The molecule has 0 spiro atoms. The van der Waals surface area contributed by atoms with Crippen molar-refractivity contribution in [2.75, 3.05) is 19.0 Å². The minimum Gasteiger partial charge on any atom is -0.507 e. The van der Waals surface area contributed by atoms with Crippen LogP contribution in [0.3, 0.4) is 0 Å². The van der Waals surface area contributed by atoms with Crippen molar-refractivity contribution in [2.45, 2.75) is 32.7 Å². The molecule has 1 heterocycles. The van der Waals surface area contributed by atoms with Gasteiger partial charge in [0.15, 0.2) is 0 Å². The van der Waals surface area contributed by atoms with E-state index in [1.165, 1.54) is 6.07 Å². The van der Waals surface area contributed by atoms with E-state index >= 15 is 0 Å². The molecule has 1 aromatic carbocycles. The lowest BCUT2D eigenvalue weighted by atomic mass is 9.93. The van der Waals surface area contributed by atoms with E-state index in [9.17, 15) is 14.7 Å². The van der Waals surface area contributed by atoms with Crippen molar-refractivity contribution in [1.82, 2.24) is 10.2 Å². The molecule has 2 rings (SSSR count). The molecule has 1 saturated heterocycles. The van der Waals surface area contributed by atoms with E-state index in [4.69, 9.17) is 11.6 Å². The number of amides is 2. The lowest BCUT2D eigenvalue weighted by Gasteiger charge is -2.34. The van der Waals surface area contributed by atoms with Crippen molar-refractivity contribution < 1.29 is 14.7 Å². The van der Waals surface area contributed by atoms with Gasteiger partial charge in [0.05, 0.1) is 11.0 Å². The van der Waals surface area contributed by atoms with Crippen LogP contribution in [0, 0.1) is 5.41 Å². The number of phenols is 1. The molecule has 1 fully saturated rings. The Morgan fingerprint density at radius 2 is 1.91 bits per heavy atom. The predicted molar refractivity (Wildman–Crippen MR) is 89.7 cm³/mol. The minimum absolute atomic E-state index is 0.00297. The third kappa shape index (κ3) is 4.16. The molecule has 0 unspecified atom stereocenters. The quantitative estimate of drug-likeness (QED) is 0.828. The smallest absolute Gasteiger partial charge is 0.257 e. The summed E-state index contributed by atoms with van der Waals surface area (Å²) < 4.78 is 0. The van der Waals surface area contributed by atoms with Crippen LogP contribution in [0.5, 0.6) is 5.75 Å². The molecule has 5 nitrogen and oxygen atoms in total. The van der Waals surface area contributed by atoms with Crippen molar-refractivity contribution in [3.05, 3.63) is 29.8 Å². The normalized spacial score (nSPS) is 16.2. The first-order valence-corrected chi connectivity index (χ1v) is 8.33. The molecule has 0 saturated carbocycles. The van der Waals surface area contributed by atoms with Crippen molar-refractivity contribution in [2.24, 2.45) is 5.41 Å². The molecule has 1 aliphatic rings. The lowest BCUT2D eigenvalue weighted by Crippen LogP contribution is -2.49. The number of carbonyl (C=O) groups excluding carboxylic acids is 2. The van der Waals surface area contributed by atoms with Crippen molar-refractivity contribution in [3.63, 3.8) is 0 Å². The Balaban J connectivity index is 1.90. The number of nitrogens with one attached hydrogen (secondary N) is 1. The van der Waals surface area contributed by atoms with Gasteiger partial charge in [0, 0.05) is 25.0 Å². The maximum Gasteiger partial charge on any atom is 0.257 e. The van der Waals surface area contributed by atoms with Crippen LogP contribution in [0.15, 0.2) is 24.3 Å². The third-order valence-electron chi connectivity index (χ3n) is 4.20. The van der Waals surface area contributed by atoms with E-state index in [1.54, 1.807) is 23.1 Å². The van der Waals surface area contributed by atoms with Crippen LogP contribution in [0.1, 0.15) is 37.0 Å². The summed E-state index contributed by atoms with van der Waals surface area (Å²) in [5, 5.41) is 12.8. The fourth-order valence-corrected chi connectivity index (χ4v) is 2.61. The summed E-state index contributed by atoms with van der Waals surface area (Å²) in [6.07, 6.45) is 1.40. The molecule has 23 heavy (non-hydrogen) atoms. The van der Waals surface area contributed by atoms with E-state index < -0.39 is 5.41 Å². The minimum atomic E-state index is -0.593. The van der Waals surface area contributed by atoms with Crippen LogP contribution in [0.2, 0.25) is 0 Å². The van der Waals surface area contributed by atoms with Crippen LogP contribution in [0.25, 0.3) is 0 Å². The average Bonchev–Trinajstić information content (AvgIpc) is 2.55. The second-order valence-electron chi connectivity index (χ2n) is 6.57. The number of hydrogen-bond donors (Lipinski definition) is 2. The van der Waals surface area contributed by atoms with Gasteiger partial charge in [-0.1, -0.05) is 12.1 Å². The summed E-state index contributed by atoms with van der Waals surface area (Å²) in [7, 11) is 0. The van der Waals surface area contributed by atoms with E-state index in [1.807, 2.05) is 13.8 Å². The van der Waals surface area contributed by atoms with E-state index in [-0.39, 0.29) is 29.5 Å². The summed E-state index contributed by atoms with van der Waals surface area (Å²) in [5.74, 6) is 0.0347. The second-order valence-corrected chi connectivity index (χ2v) is 6.84. The summed E-state index contributed by atoms with van der Waals surface area (Å²) in [5.41, 5.74) is -0.275. The zero-order valence-electron chi connectivity index (χ0n) is 13.5. The Kier molecular flexibility index (Phi) is 5.52. The highest BCUT2D eigenvalue weighted by Gasteiger charge is 2.31. The maximum absolute atomic E-state index is 12.4. The molecule has 0 aromatic heterocycles. The number of likely N-dealkylation sites (tertiary alicyclic amines) is 1. The number of para-hydroxylation sites is 1. The highest BCUT2D eigenvalue weighted by atomic mass is 35.5. The standard InChI is InChI=1S/C17H23ClN2O3/c1-17(2,11-18)16(23)19-12-7-9-20(10-8-12)15(22)13-5-3-4-6-14(13)21/h3-6,12,21H,7-11H2,1-2H3,(H,19,23). The van der Waals surface area contributed by atoms with Crippen molar-refractivity contribution in [1.29, 1.82) is 0 Å². The lowest BCUT2D eigenvalue weighted by molar-refractivity contribution is -0.129. The number of aromatic hydroxyl groups is 1. The number of phenolic OH excluding ortho intramolecular Hbond substituents is 1. The van der Waals surface area contributed by atoms with Crippen molar-refractivity contribution in [3.8, 4) is 5.75 Å². The molecule has 1 aliphatic heterocycles. The second kappa shape index (κ2) is 7.21. The molecule has 6 heteroatoms. The van der Waals surface area contributed by atoms with E-state index in [0.717, 1.165) is 0 Å². The summed E-state index contributed by atoms with van der Waals surface area (Å²) in [6, 6.07) is 6.60. The third-order valence-corrected chi connectivity index (χ3v) is 4.87. The number of carbonyl (C=O) groups is 2. The van der Waals surface area contributed by atoms with Gasteiger partial charge in [0.25, 0.3) is 5.91 Å². The van der Waals surface area contributed by atoms with Gasteiger partial charge in [-0.05, 0) is 38.8 Å². The summed E-state index contributed by atoms with van der Waals surface area (Å²) >= 11 is 5.82. The molecule has 0 atom stereocenters. The number of rotatable bonds is 4. The van der Waals surface area contributed by atoms with Crippen molar-refractivity contribution >= 4 is 23.4 Å². The number of nitrogens with zero attached hydrogens (tertiary/aromatic N) is 1. The molecular weight excluding hydrogens is 316 g/mol. The summed E-state index contributed by atoms with van der Waals surface area (Å²) in [4.78, 5) is 26.3. The van der Waals surface area contributed by atoms with Gasteiger partial charge >= 0.3 is 0 Å². The monoisotopic (exact) mass is 338 g/mol. The Morgan fingerprint density at radius 3 is 2.48 bits per heavy atom. The largest absolute Gasteiger partial charge is 0.507 e. The van der Waals surface area contributed by atoms with Gasteiger partial charge in [-0.15, -0.1) is 11.6 Å². The van der Waals surface area contributed by atoms with Gasteiger partial charge in [-0.25, -0.2) is 0 Å². The Hall–Kier alpha value is -1.75. The molecule has 0 bridgehead atoms. The molecular formula is C17H23ClN2O3. The zero-order valence-corrected chi connectivity index (χ0v) is 14.3. The highest BCUT2D eigenvalue weighted by Crippen LogP contribution is 2.22. The van der Waals surface area contributed by atoms with Gasteiger partial charge in [0.1, 0.15) is 5.75 Å². The number of halogens is 1. The van der Waals surface area contributed by atoms with Gasteiger partial charge in [0.2, 0.25) is 5.91 Å². The molecule has 0 radical (unpaired) electrons. The predicted octanol–water partition coefficient (Wildman–Crippen LogP) is 2.38. The highest BCUT2D eigenvalue weighted by molar-refractivity contribution is 6.19. The first kappa shape index (κ1) is 17.6. The van der Waals surface area contributed by atoms with E-state index in [2.05, 4.69) is 5.32 Å². The molecule has 2 N–H and O–H groups in total. The van der Waals surface area contributed by atoms with Crippen LogP contribution >= 0.6 is 11.6 Å². The van der Waals surface area contributed by atoms with Crippen LogP contribution < -0.4 is 5.32 Å². The van der Waals surface area contributed by atoms with Crippen LogP contribution in [-0.2, 0) is 4.79 Å². The summed E-state index contributed by atoms with van der Waals surface area (Å²) in [6.45, 7) is 4.73. The van der Waals surface area contributed by atoms with E-state index in [0.29, 0.717) is 31.5 Å².